The Morgan fingerprint density at radius 1 is 1.37 bits per heavy atom. The molecule has 1 atom stereocenters. The molecule has 3 aromatic rings. The van der Waals surface area contributed by atoms with Crippen LogP contribution in [-0.2, 0) is 6.54 Å². The number of hydrogen-bond donors (Lipinski definition) is 1. The van der Waals surface area contributed by atoms with Gasteiger partial charge in [-0.05, 0) is 31.5 Å². The summed E-state index contributed by atoms with van der Waals surface area (Å²) in [4.78, 5) is 31.1. The highest BCUT2D eigenvalue weighted by atomic mass is 32.1. The van der Waals surface area contributed by atoms with Crippen molar-refractivity contribution in [1.82, 2.24) is 24.8 Å². The van der Waals surface area contributed by atoms with E-state index in [0.29, 0.717) is 10.6 Å². The van der Waals surface area contributed by atoms with E-state index in [4.69, 9.17) is 10.7 Å². The third-order valence-corrected chi connectivity index (χ3v) is 6.01. The lowest BCUT2D eigenvalue weighted by atomic mass is 10.1. The second-order valence-electron chi connectivity index (χ2n) is 6.96. The molecule has 8 heteroatoms. The molecule has 4 rings (SSSR count). The van der Waals surface area contributed by atoms with Crippen molar-refractivity contribution >= 4 is 33.1 Å². The normalized spacial score (nSPS) is 17.5. The molecule has 0 aliphatic carbocycles. The fourth-order valence-electron chi connectivity index (χ4n) is 3.53. The van der Waals surface area contributed by atoms with Crippen LogP contribution in [0.5, 0.6) is 0 Å². The number of pyridine rings is 1. The number of nitrogens with zero attached hydrogens (tertiary/aromatic N) is 5. The van der Waals surface area contributed by atoms with E-state index in [1.54, 1.807) is 31.4 Å². The average Bonchev–Trinajstić information content (AvgIpc) is 3.26. The molecular formula is C19H22N6OS. The van der Waals surface area contributed by atoms with E-state index in [2.05, 4.69) is 14.9 Å². The summed E-state index contributed by atoms with van der Waals surface area (Å²) in [5.41, 5.74) is 8.72. The lowest BCUT2D eigenvalue weighted by Crippen LogP contribution is -2.24. The monoisotopic (exact) mass is 382 g/mol. The maximum atomic E-state index is 12.3. The van der Waals surface area contributed by atoms with Gasteiger partial charge in [-0.3, -0.25) is 19.7 Å². The zero-order valence-electron chi connectivity index (χ0n) is 15.4. The first-order chi connectivity index (χ1) is 13.0. The van der Waals surface area contributed by atoms with Gasteiger partial charge in [0.2, 0.25) is 0 Å². The lowest BCUT2D eigenvalue weighted by Gasteiger charge is -2.23. The highest BCUT2D eigenvalue weighted by molar-refractivity contribution is 7.21. The summed E-state index contributed by atoms with van der Waals surface area (Å²) < 4.78 is 0. The Morgan fingerprint density at radius 2 is 2.22 bits per heavy atom. The zero-order chi connectivity index (χ0) is 19.0. The SMILES string of the molecule is CN(C)C(=O)c1sc2nc([C@@H]3CCCN3Cc3cnccn3)ccc2c1N. The molecule has 1 aliphatic heterocycles. The van der Waals surface area contributed by atoms with Crippen LogP contribution in [0.15, 0.2) is 30.7 Å². The summed E-state index contributed by atoms with van der Waals surface area (Å²) in [7, 11) is 3.46. The van der Waals surface area contributed by atoms with Crippen LogP contribution in [0, 0.1) is 0 Å². The number of anilines is 1. The molecule has 1 aliphatic rings. The molecule has 0 aromatic carbocycles. The van der Waals surface area contributed by atoms with E-state index in [-0.39, 0.29) is 11.9 Å². The fraction of sp³-hybridized carbons (Fsp3) is 0.368. The summed E-state index contributed by atoms with van der Waals surface area (Å²) in [5.74, 6) is -0.0813. The molecule has 0 radical (unpaired) electrons. The van der Waals surface area contributed by atoms with Crippen molar-refractivity contribution < 1.29 is 4.79 Å². The average molecular weight is 382 g/mol. The van der Waals surface area contributed by atoms with E-state index in [0.717, 1.165) is 47.5 Å². The Morgan fingerprint density at radius 3 is 2.96 bits per heavy atom. The molecule has 3 aromatic heterocycles. The van der Waals surface area contributed by atoms with Gasteiger partial charge in [-0.25, -0.2) is 4.98 Å². The Kier molecular flexibility index (Phi) is 4.75. The van der Waals surface area contributed by atoms with Crippen LogP contribution in [0.2, 0.25) is 0 Å². The molecule has 1 amide bonds. The second kappa shape index (κ2) is 7.21. The van der Waals surface area contributed by atoms with Crippen LogP contribution in [0.25, 0.3) is 10.2 Å². The van der Waals surface area contributed by atoms with Gasteiger partial charge in [0.1, 0.15) is 9.71 Å². The Bertz CT molecular complexity index is 971. The summed E-state index contributed by atoms with van der Waals surface area (Å²) in [5, 5.41) is 0.854. The van der Waals surface area contributed by atoms with Gasteiger partial charge in [-0.15, -0.1) is 11.3 Å². The van der Waals surface area contributed by atoms with Crippen molar-refractivity contribution in [3.05, 3.63) is 47.0 Å². The highest BCUT2D eigenvalue weighted by Crippen LogP contribution is 2.37. The number of hydrogen-bond acceptors (Lipinski definition) is 7. The van der Waals surface area contributed by atoms with Gasteiger partial charge in [-0.1, -0.05) is 0 Å². The van der Waals surface area contributed by atoms with Gasteiger partial charge in [0.25, 0.3) is 5.91 Å². The molecule has 0 spiro atoms. The predicted octanol–water partition coefficient (Wildman–Crippen LogP) is 2.71. The van der Waals surface area contributed by atoms with Gasteiger partial charge in [-0.2, -0.15) is 0 Å². The van der Waals surface area contributed by atoms with Crippen LogP contribution >= 0.6 is 11.3 Å². The number of carbonyl (C=O) groups excluding carboxylic acids is 1. The minimum atomic E-state index is -0.0813. The van der Waals surface area contributed by atoms with Crippen LogP contribution in [0.1, 0.15) is 39.9 Å². The van der Waals surface area contributed by atoms with Crippen LogP contribution < -0.4 is 5.73 Å². The molecule has 0 unspecified atom stereocenters. The number of aromatic nitrogens is 3. The van der Waals surface area contributed by atoms with Crippen molar-refractivity contribution in [1.29, 1.82) is 0 Å². The quantitative estimate of drug-likeness (QED) is 0.746. The molecule has 27 heavy (non-hydrogen) atoms. The highest BCUT2D eigenvalue weighted by Gasteiger charge is 2.28. The first-order valence-corrected chi connectivity index (χ1v) is 9.75. The van der Waals surface area contributed by atoms with E-state index in [1.165, 1.54) is 11.3 Å². The molecular weight excluding hydrogens is 360 g/mol. The van der Waals surface area contributed by atoms with Gasteiger partial charge in [0.05, 0.1) is 23.1 Å². The minimum absolute atomic E-state index is 0.0813. The number of amides is 1. The maximum absolute atomic E-state index is 12.3. The van der Waals surface area contributed by atoms with E-state index in [9.17, 15) is 4.79 Å². The summed E-state index contributed by atoms with van der Waals surface area (Å²) in [6.07, 6.45) is 7.41. The molecule has 2 N–H and O–H groups in total. The Hall–Kier alpha value is -2.58. The van der Waals surface area contributed by atoms with E-state index in [1.807, 2.05) is 18.3 Å². The van der Waals surface area contributed by atoms with Gasteiger partial charge < -0.3 is 10.6 Å². The van der Waals surface area contributed by atoms with Crippen molar-refractivity contribution in [3.63, 3.8) is 0 Å². The predicted molar refractivity (Wildman–Crippen MR) is 106 cm³/mol. The minimum Gasteiger partial charge on any atom is -0.397 e. The first-order valence-electron chi connectivity index (χ1n) is 8.94. The Balaban J connectivity index is 1.64. The number of rotatable bonds is 4. The zero-order valence-corrected chi connectivity index (χ0v) is 16.2. The number of thiophene rings is 1. The maximum Gasteiger partial charge on any atom is 0.265 e. The summed E-state index contributed by atoms with van der Waals surface area (Å²) in [6.45, 7) is 1.77. The van der Waals surface area contributed by atoms with Crippen LogP contribution in [0.3, 0.4) is 0 Å². The molecule has 7 nitrogen and oxygen atoms in total. The van der Waals surface area contributed by atoms with Gasteiger partial charge in [0, 0.05) is 44.6 Å². The van der Waals surface area contributed by atoms with Crippen LogP contribution in [-0.4, -0.2) is 51.3 Å². The molecule has 0 bridgehead atoms. The van der Waals surface area contributed by atoms with E-state index >= 15 is 0 Å². The number of likely N-dealkylation sites (tertiary alicyclic amines) is 1. The largest absolute Gasteiger partial charge is 0.397 e. The fourth-order valence-corrected chi connectivity index (χ4v) is 4.65. The second-order valence-corrected chi connectivity index (χ2v) is 7.96. The first kappa shape index (κ1) is 17.8. The third kappa shape index (κ3) is 3.38. The molecule has 0 saturated carbocycles. The molecule has 1 saturated heterocycles. The standard InChI is InChI=1S/C19H22N6OS/c1-24(2)19(26)17-16(20)13-5-6-14(23-18(13)27-17)15-4-3-9-25(15)11-12-10-21-7-8-22-12/h5-8,10,15H,3-4,9,11,20H2,1-2H3/t15-/m0/s1. The molecule has 1 fully saturated rings. The summed E-state index contributed by atoms with van der Waals surface area (Å²) in [6, 6.07) is 4.27. The number of fused-ring (bicyclic) bond motifs is 1. The lowest BCUT2D eigenvalue weighted by molar-refractivity contribution is 0.0833. The Labute approximate surface area is 161 Å². The van der Waals surface area contributed by atoms with Crippen molar-refractivity contribution in [2.24, 2.45) is 0 Å². The van der Waals surface area contributed by atoms with Crippen molar-refractivity contribution in [2.45, 2.75) is 25.4 Å². The topological polar surface area (TPSA) is 88.2 Å². The number of carbonyl (C=O) groups is 1. The van der Waals surface area contributed by atoms with Crippen molar-refractivity contribution in [2.75, 3.05) is 26.4 Å². The van der Waals surface area contributed by atoms with E-state index < -0.39 is 0 Å². The van der Waals surface area contributed by atoms with Gasteiger partial charge in [0.15, 0.2) is 0 Å². The summed E-state index contributed by atoms with van der Waals surface area (Å²) >= 11 is 1.37. The smallest absolute Gasteiger partial charge is 0.265 e. The number of nitrogen functional groups attached to an aromatic ring is 1. The molecule has 4 heterocycles. The molecule has 140 valence electrons. The number of nitrogens with two attached hydrogens (primary N) is 1. The van der Waals surface area contributed by atoms with Crippen molar-refractivity contribution in [3.8, 4) is 0 Å². The van der Waals surface area contributed by atoms with Crippen LogP contribution in [0.4, 0.5) is 5.69 Å². The third-order valence-electron chi connectivity index (χ3n) is 4.90. The van der Waals surface area contributed by atoms with Gasteiger partial charge >= 0.3 is 0 Å².